The van der Waals surface area contributed by atoms with Crippen LogP contribution in [0.25, 0.3) is 0 Å². The molecule has 1 aromatic carbocycles. The van der Waals surface area contributed by atoms with Crippen molar-refractivity contribution in [2.75, 3.05) is 23.3 Å². The minimum Gasteiger partial charge on any atom is -0.371 e. The number of hydrogen-bond acceptors (Lipinski definition) is 1. The van der Waals surface area contributed by atoms with Crippen LogP contribution < -0.4 is 4.90 Å². The first kappa shape index (κ1) is 12.0. The van der Waals surface area contributed by atoms with Gasteiger partial charge in [-0.2, -0.15) is 0 Å². The van der Waals surface area contributed by atoms with Gasteiger partial charge in [0, 0.05) is 24.1 Å². The molecule has 0 atom stereocenters. The fraction of sp³-hybridized carbons (Fsp3) is 0.571. The summed E-state index contributed by atoms with van der Waals surface area (Å²) in [6.07, 6.45) is 6.53. The summed E-state index contributed by atoms with van der Waals surface area (Å²) in [5, 5.41) is 1.14. The maximum Gasteiger partial charge on any atom is 0.0398 e. The molecular weight excluding hydrogens is 262 g/mol. The maximum atomic E-state index is 3.49. The monoisotopic (exact) mass is 281 g/mol. The lowest BCUT2D eigenvalue weighted by Crippen LogP contribution is -2.30. The molecule has 2 rings (SSSR count). The molecule has 1 aliphatic heterocycles. The number of aryl methyl sites for hydroxylation is 1. The number of unbranched alkanes of at least 4 members (excludes halogenated alkanes) is 2. The Bertz CT molecular complexity index is 324. The Kier molecular flexibility index (Phi) is 4.70. The maximum absolute atomic E-state index is 3.49. The fourth-order valence-electron chi connectivity index (χ4n) is 2.42. The zero-order valence-electron chi connectivity index (χ0n) is 9.79. The van der Waals surface area contributed by atoms with Crippen molar-refractivity contribution in [3.8, 4) is 0 Å². The molecule has 0 aliphatic carbocycles. The van der Waals surface area contributed by atoms with Gasteiger partial charge in [0.05, 0.1) is 0 Å². The Labute approximate surface area is 107 Å². The van der Waals surface area contributed by atoms with Crippen LogP contribution >= 0.6 is 15.9 Å². The number of anilines is 1. The SMILES string of the molecule is BrCCCCCN1CCCc2ccccc21. The predicted octanol–water partition coefficient (Wildman–Crippen LogP) is 4.00. The number of rotatable bonds is 5. The molecule has 1 nitrogen and oxygen atoms in total. The lowest BCUT2D eigenvalue weighted by molar-refractivity contribution is 0.640. The summed E-state index contributed by atoms with van der Waals surface area (Å²) in [5.41, 5.74) is 3.02. The number of hydrogen-bond donors (Lipinski definition) is 0. The van der Waals surface area contributed by atoms with E-state index in [2.05, 4.69) is 45.1 Å². The van der Waals surface area contributed by atoms with Crippen molar-refractivity contribution in [1.82, 2.24) is 0 Å². The molecule has 0 spiro atoms. The van der Waals surface area contributed by atoms with Crippen LogP contribution in [0.1, 0.15) is 31.2 Å². The summed E-state index contributed by atoms with van der Waals surface area (Å²) in [7, 11) is 0. The van der Waals surface area contributed by atoms with Crippen molar-refractivity contribution in [2.24, 2.45) is 0 Å². The molecule has 1 aliphatic rings. The Morgan fingerprint density at radius 1 is 1.12 bits per heavy atom. The predicted molar refractivity (Wildman–Crippen MR) is 74.6 cm³/mol. The molecule has 2 heteroatoms. The highest BCUT2D eigenvalue weighted by atomic mass is 79.9. The Morgan fingerprint density at radius 2 is 2.00 bits per heavy atom. The van der Waals surface area contributed by atoms with Gasteiger partial charge in [-0.05, 0) is 37.3 Å². The summed E-state index contributed by atoms with van der Waals surface area (Å²) >= 11 is 3.49. The van der Waals surface area contributed by atoms with Crippen LogP contribution in [0.2, 0.25) is 0 Å². The van der Waals surface area contributed by atoms with Gasteiger partial charge in [-0.3, -0.25) is 0 Å². The molecule has 0 N–H and O–H groups in total. The van der Waals surface area contributed by atoms with E-state index in [9.17, 15) is 0 Å². The van der Waals surface area contributed by atoms with Crippen LogP contribution in [0.5, 0.6) is 0 Å². The van der Waals surface area contributed by atoms with Crippen molar-refractivity contribution in [3.63, 3.8) is 0 Å². The highest BCUT2D eigenvalue weighted by Gasteiger charge is 2.14. The summed E-state index contributed by atoms with van der Waals surface area (Å²) in [6, 6.07) is 8.88. The van der Waals surface area contributed by atoms with Gasteiger partial charge in [0.15, 0.2) is 0 Å². The zero-order valence-corrected chi connectivity index (χ0v) is 11.4. The molecular formula is C14H20BrN. The number of fused-ring (bicyclic) bond motifs is 1. The van der Waals surface area contributed by atoms with Crippen LogP contribution in [0, 0.1) is 0 Å². The van der Waals surface area contributed by atoms with Crippen molar-refractivity contribution >= 4 is 21.6 Å². The van der Waals surface area contributed by atoms with Gasteiger partial charge in [-0.1, -0.05) is 40.5 Å². The van der Waals surface area contributed by atoms with Crippen LogP contribution in [-0.4, -0.2) is 18.4 Å². The number of alkyl halides is 1. The molecule has 0 saturated carbocycles. The second kappa shape index (κ2) is 6.29. The zero-order chi connectivity index (χ0) is 11.2. The van der Waals surface area contributed by atoms with Gasteiger partial charge in [0.1, 0.15) is 0 Å². The largest absolute Gasteiger partial charge is 0.371 e. The molecule has 0 saturated heterocycles. The number of nitrogens with zero attached hydrogens (tertiary/aromatic N) is 1. The molecule has 1 aromatic rings. The molecule has 0 bridgehead atoms. The van der Waals surface area contributed by atoms with E-state index in [1.165, 1.54) is 56.4 Å². The summed E-state index contributed by atoms with van der Waals surface area (Å²) in [4.78, 5) is 2.56. The van der Waals surface area contributed by atoms with Crippen LogP contribution in [-0.2, 0) is 6.42 Å². The van der Waals surface area contributed by atoms with Gasteiger partial charge in [-0.15, -0.1) is 0 Å². The Hall–Kier alpha value is -0.500. The average Bonchev–Trinajstić information content (AvgIpc) is 2.35. The van der Waals surface area contributed by atoms with Crippen molar-refractivity contribution < 1.29 is 0 Å². The van der Waals surface area contributed by atoms with Gasteiger partial charge in [0.25, 0.3) is 0 Å². The van der Waals surface area contributed by atoms with Crippen LogP contribution in [0.3, 0.4) is 0 Å². The van der Waals surface area contributed by atoms with E-state index in [0.717, 1.165) is 5.33 Å². The van der Waals surface area contributed by atoms with E-state index < -0.39 is 0 Å². The highest BCUT2D eigenvalue weighted by Crippen LogP contribution is 2.26. The second-order valence-electron chi connectivity index (χ2n) is 4.47. The number of benzene rings is 1. The lowest BCUT2D eigenvalue weighted by atomic mass is 10.0. The third-order valence-corrected chi connectivity index (χ3v) is 3.83. The molecule has 0 amide bonds. The van der Waals surface area contributed by atoms with Crippen molar-refractivity contribution in [3.05, 3.63) is 29.8 Å². The minimum absolute atomic E-state index is 1.14. The van der Waals surface area contributed by atoms with E-state index in [4.69, 9.17) is 0 Å². The normalized spacial score (nSPS) is 14.9. The van der Waals surface area contributed by atoms with E-state index in [0.29, 0.717) is 0 Å². The molecule has 0 fully saturated rings. The molecule has 88 valence electrons. The first-order valence-electron chi connectivity index (χ1n) is 6.30. The summed E-state index contributed by atoms with van der Waals surface area (Å²) in [6.45, 7) is 2.47. The molecule has 0 unspecified atom stereocenters. The van der Waals surface area contributed by atoms with Gasteiger partial charge in [0.2, 0.25) is 0 Å². The summed E-state index contributed by atoms with van der Waals surface area (Å²) < 4.78 is 0. The second-order valence-corrected chi connectivity index (χ2v) is 5.26. The molecule has 0 radical (unpaired) electrons. The fourth-order valence-corrected chi connectivity index (χ4v) is 2.81. The highest BCUT2D eigenvalue weighted by molar-refractivity contribution is 9.09. The van der Waals surface area contributed by atoms with Gasteiger partial charge in [-0.25, -0.2) is 0 Å². The molecule has 1 heterocycles. The van der Waals surface area contributed by atoms with E-state index in [-0.39, 0.29) is 0 Å². The van der Waals surface area contributed by atoms with E-state index in [1.807, 2.05) is 0 Å². The van der Waals surface area contributed by atoms with Crippen molar-refractivity contribution in [1.29, 1.82) is 0 Å². The number of halogens is 1. The molecule has 16 heavy (non-hydrogen) atoms. The minimum atomic E-state index is 1.14. The standard InChI is InChI=1S/C14H20BrN/c15-10-4-1-5-11-16-12-6-8-13-7-2-3-9-14(13)16/h2-3,7,9H,1,4-6,8,10-12H2. The topological polar surface area (TPSA) is 3.24 Å². The van der Waals surface area contributed by atoms with Gasteiger partial charge < -0.3 is 4.90 Å². The Morgan fingerprint density at radius 3 is 2.88 bits per heavy atom. The van der Waals surface area contributed by atoms with Crippen LogP contribution in [0.4, 0.5) is 5.69 Å². The lowest BCUT2D eigenvalue weighted by Gasteiger charge is -2.31. The number of para-hydroxylation sites is 1. The average molecular weight is 282 g/mol. The van der Waals surface area contributed by atoms with Crippen molar-refractivity contribution in [2.45, 2.75) is 32.1 Å². The third kappa shape index (κ3) is 3.00. The first-order chi connectivity index (χ1) is 7.92. The van der Waals surface area contributed by atoms with Gasteiger partial charge >= 0.3 is 0 Å². The third-order valence-electron chi connectivity index (χ3n) is 3.27. The smallest absolute Gasteiger partial charge is 0.0398 e. The Balaban J connectivity index is 1.91. The van der Waals surface area contributed by atoms with Crippen LogP contribution in [0.15, 0.2) is 24.3 Å². The van der Waals surface area contributed by atoms with E-state index in [1.54, 1.807) is 0 Å². The van der Waals surface area contributed by atoms with E-state index >= 15 is 0 Å². The molecule has 0 aromatic heterocycles. The first-order valence-corrected chi connectivity index (χ1v) is 7.43. The quantitative estimate of drug-likeness (QED) is 0.582. The summed E-state index contributed by atoms with van der Waals surface area (Å²) in [5.74, 6) is 0.